The van der Waals surface area contributed by atoms with Gasteiger partial charge in [0.2, 0.25) is 0 Å². The van der Waals surface area contributed by atoms with Gasteiger partial charge in [0, 0.05) is 44.1 Å². The van der Waals surface area contributed by atoms with Gasteiger partial charge in [-0.05, 0) is 49.9 Å². The molecule has 1 aromatic carbocycles. The summed E-state index contributed by atoms with van der Waals surface area (Å²) in [7, 11) is 3.35. The molecule has 36 heavy (non-hydrogen) atoms. The molecule has 0 radical (unpaired) electrons. The van der Waals surface area contributed by atoms with Crippen LogP contribution in [0.3, 0.4) is 0 Å². The number of nitrogens with zero attached hydrogens (tertiary/aromatic N) is 3. The molecule has 0 unspecified atom stereocenters. The minimum Gasteiger partial charge on any atom is -0.493 e. The van der Waals surface area contributed by atoms with Crippen LogP contribution in [0.15, 0.2) is 24.5 Å². The van der Waals surface area contributed by atoms with E-state index in [0.29, 0.717) is 25.9 Å². The average molecular weight is 513 g/mol. The van der Waals surface area contributed by atoms with Crippen LogP contribution in [0.25, 0.3) is 10.2 Å². The van der Waals surface area contributed by atoms with Crippen molar-refractivity contribution < 1.29 is 18.9 Å². The molecular weight excluding hydrogens is 476 g/mol. The number of ether oxygens (including phenoxy) is 4. The smallest absolute Gasteiger partial charge is 0.161 e. The summed E-state index contributed by atoms with van der Waals surface area (Å²) < 4.78 is 22.4. The van der Waals surface area contributed by atoms with Gasteiger partial charge >= 0.3 is 0 Å². The van der Waals surface area contributed by atoms with Gasteiger partial charge < -0.3 is 24.3 Å². The molecule has 1 saturated heterocycles. The topological polar surface area (TPSA) is 78.0 Å². The summed E-state index contributed by atoms with van der Waals surface area (Å²) in [6.45, 7) is 8.98. The highest BCUT2D eigenvalue weighted by molar-refractivity contribution is 7.18. The summed E-state index contributed by atoms with van der Waals surface area (Å²) in [4.78, 5) is 14.1. The summed E-state index contributed by atoms with van der Waals surface area (Å²) in [5.41, 5.74) is 2.43. The zero-order chi connectivity index (χ0) is 25.1. The first-order valence-electron chi connectivity index (χ1n) is 12.6. The molecule has 4 heterocycles. The fourth-order valence-corrected chi connectivity index (χ4v) is 6.11. The van der Waals surface area contributed by atoms with Crippen molar-refractivity contribution in [2.45, 2.75) is 57.9 Å². The molecule has 194 valence electrons. The molecule has 0 spiro atoms. The molecule has 5 rings (SSSR count). The van der Waals surface area contributed by atoms with Crippen LogP contribution in [0.4, 0.5) is 5.82 Å². The predicted molar refractivity (Wildman–Crippen MR) is 142 cm³/mol. The van der Waals surface area contributed by atoms with Crippen LogP contribution in [0.1, 0.15) is 42.7 Å². The third-order valence-electron chi connectivity index (χ3n) is 6.97. The van der Waals surface area contributed by atoms with E-state index >= 15 is 0 Å². The monoisotopic (exact) mass is 512 g/mol. The number of benzene rings is 1. The number of anilines is 1. The van der Waals surface area contributed by atoms with Crippen molar-refractivity contribution in [1.29, 1.82) is 0 Å². The van der Waals surface area contributed by atoms with Crippen LogP contribution in [-0.4, -0.2) is 67.0 Å². The molecule has 2 aliphatic heterocycles. The van der Waals surface area contributed by atoms with Crippen LogP contribution in [0, 0.1) is 0 Å². The van der Waals surface area contributed by atoms with E-state index in [1.807, 2.05) is 6.07 Å². The van der Waals surface area contributed by atoms with Gasteiger partial charge in [0.1, 0.15) is 23.6 Å². The lowest BCUT2D eigenvalue weighted by molar-refractivity contribution is -0.0379. The Morgan fingerprint density at radius 2 is 1.97 bits per heavy atom. The molecule has 0 atom stereocenters. The van der Waals surface area contributed by atoms with Gasteiger partial charge in [-0.15, -0.1) is 11.3 Å². The lowest BCUT2D eigenvalue weighted by Crippen LogP contribution is -2.38. The minimum absolute atomic E-state index is 0.156. The Labute approximate surface area is 216 Å². The van der Waals surface area contributed by atoms with Gasteiger partial charge in [0.15, 0.2) is 11.5 Å². The summed E-state index contributed by atoms with van der Waals surface area (Å²) in [5.74, 6) is 2.49. The van der Waals surface area contributed by atoms with Crippen LogP contribution < -0.4 is 14.8 Å². The molecule has 1 fully saturated rings. The maximum atomic E-state index is 6.03. The van der Waals surface area contributed by atoms with Crippen LogP contribution in [0.5, 0.6) is 11.5 Å². The van der Waals surface area contributed by atoms with Gasteiger partial charge in [0.25, 0.3) is 0 Å². The predicted octanol–water partition coefficient (Wildman–Crippen LogP) is 4.65. The van der Waals surface area contributed by atoms with E-state index in [0.717, 1.165) is 61.0 Å². The first kappa shape index (κ1) is 25.2. The zero-order valence-corrected chi connectivity index (χ0v) is 22.5. The largest absolute Gasteiger partial charge is 0.493 e. The number of piperidine rings is 1. The van der Waals surface area contributed by atoms with Crippen molar-refractivity contribution >= 4 is 27.4 Å². The lowest BCUT2D eigenvalue weighted by atomic mass is 9.94. The Bertz CT molecular complexity index is 1190. The molecule has 3 aromatic rings. The highest BCUT2D eigenvalue weighted by Gasteiger charge is 2.31. The van der Waals surface area contributed by atoms with E-state index in [1.165, 1.54) is 21.4 Å². The fourth-order valence-electron chi connectivity index (χ4n) is 5.04. The summed E-state index contributed by atoms with van der Waals surface area (Å²) in [6.07, 6.45) is 4.72. The Morgan fingerprint density at radius 1 is 1.14 bits per heavy atom. The molecule has 0 aliphatic carbocycles. The molecule has 8 nitrogen and oxygen atoms in total. The first-order valence-corrected chi connectivity index (χ1v) is 13.4. The maximum Gasteiger partial charge on any atom is 0.161 e. The van der Waals surface area contributed by atoms with Crippen molar-refractivity contribution in [2.75, 3.05) is 45.8 Å². The number of rotatable bonds is 9. The summed E-state index contributed by atoms with van der Waals surface area (Å²) in [6, 6.07) is 6.59. The Morgan fingerprint density at radius 3 is 2.75 bits per heavy atom. The number of fused-ring (bicyclic) bond motifs is 3. The van der Waals surface area contributed by atoms with E-state index in [9.17, 15) is 0 Å². The number of hydrogen-bond acceptors (Lipinski definition) is 9. The third kappa shape index (κ3) is 5.59. The van der Waals surface area contributed by atoms with Gasteiger partial charge in [-0.3, -0.25) is 4.90 Å². The van der Waals surface area contributed by atoms with Crippen molar-refractivity contribution in [3.05, 3.63) is 40.5 Å². The molecular formula is C27H36N4O4S. The number of hydrogen-bond donors (Lipinski definition) is 1. The van der Waals surface area contributed by atoms with E-state index in [2.05, 4.69) is 46.2 Å². The minimum atomic E-state index is -0.156. The SMILES string of the molecule is COCCOc1ccc(CN2CCC(Nc3ncnc4sc5c(c34)CC(C)(C)OC5)CC2)cc1OC. The van der Waals surface area contributed by atoms with Crippen molar-refractivity contribution in [3.63, 3.8) is 0 Å². The number of thiophene rings is 1. The van der Waals surface area contributed by atoms with E-state index in [1.54, 1.807) is 31.9 Å². The molecule has 0 bridgehead atoms. The van der Waals surface area contributed by atoms with Gasteiger partial charge in [0.05, 0.1) is 31.3 Å². The second kappa shape index (κ2) is 10.9. The van der Waals surface area contributed by atoms with Gasteiger partial charge in [-0.25, -0.2) is 9.97 Å². The third-order valence-corrected chi connectivity index (χ3v) is 8.09. The summed E-state index contributed by atoms with van der Waals surface area (Å²) >= 11 is 1.74. The molecule has 0 saturated carbocycles. The number of aromatic nitrogens is 2. The Kier molecular flexibility index (Phi) is 7.62. The van der Waals surface area contributed by atoms with Crippen molar-refractivity contribution in [2.24, 2.45) is 0 Å². The quantitative estimate of drug-likeness (QED) is 0.415. The van der Waals surface area contributed by atoms with E-state index < -0.39 is 0 Å². The number of nitrogens with one attached hydrogen (secondary N) is 1. The van der Waals surface area contributed by atoms with Crippen molar-refractivity contribution in [3.8, 4) is 11.5 Å². The van der Waals surface area contributed by atoms with Crippen LogP contribution in [-0.2, 0) is 29.0 Å². The number of likely N-dealkylation sites (tertiary alicyclic amines) is 1. The normalized spacial score (nSPS) is 18.2. The average Bonchev–Trinajstić information content (AvgIpc) is 3.23. The molecule has 2 aromatic heterocycles. The molecule has 2 aliphatic rings. The first-order chi connectivity index (χ1) is 17.5. The van der Waals surface area contributed by atoms with Crippen molar-refractivity contribution in [1.82, 2.24) is 14.9 Å². The maximum absolute atomic E-state index is 6.03. The van der Waals surface area contributed by atoms with Crippen LogP contribution >= 0.6 is 11.3 Å². The molecule has 0 amide bonds. The van der Waals surface area contributed by atoms with E-state index in [4.69, 9.17) is 18.9 Å². The molecule has 9 heteroatoms. The van der Waals surface area contributed by atoms with E-state index in [-0.39, 0.29) is 5.60 Å². The van der Waals surface area contributed by atoms with Crippen LogP contribution in [0.2, 0.25) is 0 Å². The fraction of sp³-hybridized carbons (Fsp3) is 0.556. The number of methoxy groups -OCH3 is 2. The summed E-state index contributed by atoms with van der Waals surface area (Å²) in [5, 5.41) is 4.95. The highest BCUT2D eigenvalue weighted by atomic mass is 32.1. The Hall–Kier alpha value is -2.46. The molecule has 1 N–H and O–H groups in total. The highest BCUT2D eigenvalue weighted by Crippen LogP contribution is 2.40. The second-order valence-electron chi connectivity index (χ2n) is 10.2. The standard InChI is InChI=1S/C27H36N4O4S/c1-27(2)14-20-23(16-35-27)36-26-24(20)25(28-17-29-26)30-19-7-9-31(10-8-19)15-18-5-6-21(22(13-18)33-4)34-12-11-32-3/h5-6,13,17,19H,7-12,14-16H2,1-4H3,(H,28,29,30). The van der Waals surface area contributed by atoms with Gasteiger partial charge in [-0.2, -0.15) is 0 Å². The Balaban J connectivity index is 1.20. The lowest BCUT2D eigenvalue weighted by Gasteiger charge is -2.33. The van der Waals surface area contributed by atoms with Gasteiger partial charge in [-0.1, -0.05) is 6.07 Å². The zero-order valence-electron chi connectivity index (χ0n) is 21.6. The second-order valence-corrected chi connectivity index (χ2v) is 11.2.